The van der Waals surface area contributed by atoms with Crippen LogP contribution in [-0.4, -0.2) is 10.9 Å². The zero-order valence-corrected chi connectivity index (χ0v) is 13.7. The van der Waals surface area contributed by atoms with Crippen LogP contribution in [0.2, 0.25) is 0 Å². The van der Waals surface area contributed by atoms with Crippen LogP contribution in [0.15, 0.2) is 66.9 Å². The lowest BCUT2D eigenvalue weighted by Gasteiger charge is -2.09. The molecule has 0 radical (unpaired) electrons. The molecule has 0 spiro atoms. The van der Waals surface area contributed by atoms with Gasteiger partial charge in [0.1, 0.15) is 5.82 Å². The highest BCUT2D eigenvalue weighted by molar-refractivity contribution is 6.04. The minimum atomic E-state index is -0.187. The molecule has 0 aliphatic rings. The number of hydrogen-bond acceptors (Lipinski definition) is 4. The summed E-state index contributed by atoms with van der Waals surface area (Å²) in [7, 11) is 0. The van der Waals surface area contributed by atoms with Crippen molar-refractivity contribution in [2.24, 2.45) is 0 Å². The summed E-state index contributed by atoms with van der Waals surface area (Å²) in [5, 5.41) is 14.9. The van der Waals surface area contributed by atoms with Crippen molar-refractivity contribution in [3.8, 4) is 6.07 Å². The van der Waals surface area contributed by atoms with Crippen molar-refractivity contribution >= 4 is 23.1 Å². The third-order valence-electron chi connectivity index (χ3n) is 3.68. The summed E-state index contributed by atoms with van der Waals surface area (Å²) < 4.78 is 0. The number of pyridine rings is 1. The molecule has 0 atom stereocenters. The van der Waals surface area contributed by atoms with Crippen molar-refractivity contribution in [2.45, 2.75) is 6.92 Å². The number of aromatic nitrogens is 1. The number of benzene rings is 2. The average molecular weight is 328 g/mol. The first kappa shape index (κ1) is 16.2. The topological polar surface area (TPSA) is 77.8 Å². The van der Waals surface area contributed by atoms with E-state index in [4.69, 9.17) is 5.26 Å². The summed E-state index contributed by atoms with van der Waals surface area (Å²) in [6.45, 7) is 1.89. The Hall–Kier alpha value is -3.65. The molecule has 3 aromatic rings. The maximum atomic E-state index is 12.3. The Kier molecular flexibility index (Phi) is 4.72. The lowest BCUT2D eigenvalue weighted by molar-refractivity contribution is 0.102. The number of carbonyl (C=O) groups excluding carboxylic acids is 1. The van der Waals surface area contributed by atoms with E-state index in [-0.39, 0.29) is 5.91 Å². The summed E-state index contributed by atoms with van der Waals surface area (Å²) in [4.78, 5) is 16.5. The fourth-order valence-corrected chi connectivity index (χ4v) is 2.39. The number of nitriles is 1. The molecule has 122 valence electrons. The molecule has 5 nitrogen and oxygen atoms in total. The van der Waals surface area contributed by atoms with E-state index in [0.717, 1.165) is 16.9 Å². The number of aryl methyl sites for hydroxylation is 1. The van der Waals surface area contributed by atoms with Gasteiger partial charge in [-0.05, 0) is 48.9 Å². The second kappa shape index (κ2) is 7.28. The van der Waals surface area contributed by atoms with Gasteiger partial charge in [0, 0.05) is 11.3 Å². The van der Waals surface area contributed by atoms with E-state index in [2.05, 4.69) is 21.7 Å². The zero-order valence-electron chi connectivity index (χ0n) is 13.7. The van der Waals surface area contributed by atoms with Gasteiger partial charge in [-0.15, -0.1) is 0 Å². The van der Waals surface area contributed by atoms with Crippen molar-refractivity contribution in [1.29, 1.82) is 5.26 Å². The molecule has 0 fully saturated rings. The fourth-order valence-electron chi connectivity index (χ4n) is 2.39. The zero-order chi connectivity index (χ0) is 17.6. The second-order valence-electron chi connectivity index (χ2n) is 5.52. The molecule has 5 heteroatoms. The molecule has 2 N–H and O–H groups in total. The van der Waals surface area contributed by atoms with Gasteiger partial charge in [-0.25, -0.2) is 4.98 Å². The standard InChI is InChI=1S/C20H16N4O/c1-14-5-2-3-8-18(14)20(25)24-19-10-9-17(13-22-19)23-16-7-4-6-15(11-16)12-21/h2-11,13,23H,1H3,(H,22,24,25). The number of nitrogens with one attached hydrogen (secondary N) is 2. The quantitative estimate of drug-likeness (QED) is 0.750. The Morgan fingerprint density at radius 1 is 1.04 bits per heavy atom. The van der Waals surface area contributed by atoms with E-state index in [1.54, 1.807) is 30.5 Å². The van der Waals surface area contributed by atoms with Crippen molar-refractivity contribution < 1.29 is 4.79 Å². The van der Waals surface area contributed by atoms with Crippen LogP contribution in [0, 0.1) is 18.3 Å². The molecule has 0 aliphatic heterocycles. The van der Waals surface area contributed by atoms with Gasteiger partial charge in [-0.3, -0.25) is 4.79 Å². The SMILES string of the molecule is Cc1ccccc1C(=O)Nc1ccc(Nc2cccc(C#N)c2)cn1. The highest BCUT2D eigenvalue weighted by Gasteiger charge is 2.09. The molecule has 0 saturated heterocycles. The first-order valence-electron chi connectivity index (χ1n) is 7.76. The number of nitrogens with zero attached hydrogens (tertiary/aromatic N) is 2. The first-order valence-corrected chi connectivity index (χ1v) is 7.76. The Labute approximate surface area is 146 Å². The van der Waals surface area contributed by atoms with E-state index in [0.29, 0.717) is 16.9 Å². The van der Waals surface area contributed by atoms with Crippen LogP contribution >= 0.6 is 0 Å². The minimum absolute atomic E-state index is 0.187. The van der Waals surface area contributed by atoms with Gasteiger partial charge in [-0.1, -0.05) is 24.3 Å². The van der Waals surface area contributed by atoms with Crippen LogP contribution in [0.3, 0.4) is 0 Å². The minimum Gasteiger partial charge on any atom is -0.354 e. The molecule has 25 heavy (non-hydrogen) atoms. The van der Waals surface area contributed by atoms with Gasteiger partial charge in [-0.2, -0.15) is 5.26 Å². The van der Waals surface area contributed by atoms with Crippen LogP contribution in [0.4, 0.5) is 17.2 Å². The van der Waals surface area contributed by atoms with Crippen LogP contribution in [0.1, 0.15) is 21.5 Å². The van der Waals surface area contributed by atoms with Crippen molar-refractivity contribution in [1.82, 2.24) is 4.98 Å². The smallest absolute Gasteiger partial charge is 0.257 e. The van der Waals surface area contributed by atoms with Gasteiger partial charge in [0.05, 0.1) is 23.5 Å². The normalized spacial score (nSPS) is 9.92. The molecule has 0 aliphatic carbocycles. The molecule has 1 aromatic heterocycles. The number of anilines is 3. The fraction of sp³-hybridized carbons (Fsp3) is 0.0500. The lowest BCUT2D eigenvalue weighted by atomic mass is 10.1. The van der Waals surface area contributed by atoms with Gasteiger partial charge in [0.15, 0.2) is 0 Å². The molecule has 1 heterocycles. The van der Waals surface area contributed by atoms with Gasteiger partial charge in [0.25, 0.3) is 5.91 Å². The van der Waals surface area contributed by atoms with E-state index in [1.807, 2.05) is 43.3 Å². The molecular formula is C20H16N4O. The lowest BCUT2D eigenvalue weighted by Crippen LogP contribution is -2.14. The number of carbonyl (C=O) groups is 1. The summed E-state index contributed by atoms with van der Waals surface area (Å²) in [6.07, 6.45) is 1.63. The highest BCUT2D eigenvalue weighted by atomic mass is 16.1. The number of rotatable bonds is 4. The predicted molar refractivity (Wildman–Crippen MR) is 97.8 cm³/mol. The largest absolute Gasteiger partial charge is 0.354 e. The Bertz CT molecular complexity index is 942. The van der Waals surface area contributed by atoms with Gasteiger partial charge in [0.2, 0.25) is 0 Å². The van der Waals surface area contributed by atoms with Gasteiger partial charge < -0.3 is 10.6 Å². The maximum absolute atomic E-state index is 12.3. The highest BCUT2D eigenvalue weighted by Crippen LogP contribution is 2.18. The third-order valence-corrected chi connectivity index (χ3v) is 3.68. The summed E-state index contributed by atoms with van der Waals surface area (Å²) in [5.74, 6) is 0.289. The van der Waals surface area contributed by atoms with Crippen molar-refractivity contribution in [3.05, 3.63) is 83.6 Å². The van der Waals surface area contributed by atoms with Crippen molar-refractivity contribution in [2.75, 3.05) is 10.6 Å². The Morgan fingerprint density at radius 3 is 2.60 bits per heavy atom. The summed E-state index contributed by atoms with van der Waals surface area (Å²) in [5.41, 5.74) is 3.69. The average Bonchev–Trinajstić information content (AvgIpc) is 2.64. The van der Waals surface area contributed by atoms with Gasteiger partial charge >= 0.3 is 0 Å². The van der Waals surface area contributed by atoms with E-state index >= 15 is 0 Å². The maximum Gasteiger partial charge on any atom is 0.257 e. The van der Waals surface area contributed by atoms with E-state index < -0.39 is 0 Å². The molecule has 3 rings (SSSR count). The molecule has 1 amide bonds. The second-order valence-corrected chi connectivity index (χ2v) is 5.52. The predicted octanol–water partition coefficient (Wildman–Crippen LogP) is 4.26. The molecule has 2 aromatic carbocycles. The van der Waals surface area contributed by atoms with E-state index in [9.17, 15) is 4.79 Å². The van der Waals surface area contributed by atoms with Crippen LogP contribution < -0.4 is 10.6 Å². The molecular weight excluding hydrogens is 312 g/mol. The van der Waals surface area contributed by atoms with Crippen LogP contribution in [0.25, 0.3) is 0 Å². The molecule has 0 saturated carbocycles. The molecule has 0 unspecified atom stereocenters. The monoisotopic (exact) mass is 328 g/mol. The summed E-state index contributed by atoms with van der Waals surface area (Å²) in [6, 6.07) is 20.2. The van der Waals surface area contributed by atoms with E-state index in [1.165, 1.54) is 0 Å². The van der Waals surface area contributed by atoms with Crippen molar-refractivity contribution in [3.63, 3.8) is 0 Å². The first-order chi connectivity index (χ1) is 12.2. The number of amides is 1. The van der Waals surface area contributed by atoms with Crippen LogP contribution in [-0.2, 0) is 0 Å². The summed E-state index contributed by atoms with van der Waals surface area (Å²) >= 11 is 0. The Balaban J connectivity index is 1.69. The Morgan fingerprint density at radius 2 is 1.88 bits per heavy atom. The molecule has 0 bridgehead atoms. The number of hydrogen-bond donors (Lipinski definition) is 2. The third kappa shape index (κ3) is 4.01. The van der Waals surface area contributed by atoms with Crippen LogP contribution in [0.5, 0.6) is 0 Å².